The average Bonchev–Trinajstić information content (AvgIpc) is 2.73. The molecular formula is C21H26FN3O5S. The van der Waals surface area contributed by atoms with Crippen molar-refractivity contribution in [3.63, 3.8) is 0 Å². The SMILES string of the molecule is CCCOc1ccc(/C=N\NC(=O)CN(C)S(=O)(=O)c2ccc(F)cc2)cc1OCC. The third-order valence-electron chi connectivity index (χ3n) is 4.02. The van der Waals surface area contributed by atoms with Crippen molar-refractivity contribution >= 4 is 22.1 Å². The Labute approximate surface area is 181 Å². The maximum atomic E-state index is 13.0. The highest BCUT2D eigenvalue weighted by molar-refractivity contribution is 7.89. The number of amides is 1. The second-order valence-electron chi connectivity index (χ2n) is 6.50. The van der Waals surface area contributed by atoms with Crippen molar-refractivity contribution < 1.29 is 27.1 Å². The molecule has 1 N–H and O–H groups in total. The third-order valence-corrected chi connectivity index (χ3v) is 5.84. The number of rotatable bonds is 11. The Morgan fingerprint density at radius 3 is 2.48 bits per heavy atom. The predicted molar refractivity (Wildman–Crippen MR) is 115 cm³/mol. The summed E-state index contributed by atoms with van der Waals surface area (Å²) in [5, 5.41) is 3.86. The maximum Gasteiger partial charge on any atom is 0.255 e. The standard InChI is InChI=1S/C21H26FN3O5S/c1-4-12-30-19-11-6-16(13-20(19)29-5-2)14-23-24-21(26)15-25(3)31(27,28)18-9-7-17(22)8-10-18/h6-11,13-14H,4-5,12,15H2,1-3H3,(H,24,26)/b23-14-. The minimum atomic E-state index is -3.93. The van der Waals surface area contributed by atoms with Crippen molar-refractivity contribution in [3.8, 4) is 11.5 Å². The molecule has 168 valence electrons. The van der Waals surface area contributed by atoms with Crippen molar-refractivity contribution in [2.75, 3.05) is 26.8 Å². The summed E-state index contributed by atoms with van der Waals surface area (Å²) >= 11 is 0. The first-order valence-corrected chi connectivity index (χ1v) is 11.1. The van der Waals surface area contributed by atoms with Gasteiger partial charge in [-0.25, -0.2) is 18.2 Å². The van der Waals surface area contributed by atoms with Gasteiger partial charge in [0.25, 0.3) is 5.91 Å². The molecule has 0 bridgehead atoms. The molecule has 0 aliphatic carbocycles. The van der Waals surface area contributed by atoms with E-state index in [0.717, 1.165) is 35.0 Å². The van der Waals surface area contributed by atoms with Crippen LogP contribution in [0.3, 0.4) is 0 Å². The molecule has 10 heteroatoms. The lowest BCUT2D eigenvalue weighted by atomic mass is 10.2. The topological polar surface area (TPSA) is 97.3 Å². The highest BCUT2D eigenvalue weighted by Crippen LogP contribution is 2.28. The minimum Gasteiger partial charge on any atom is -0.490 e. The van der Waals surface area contributed by atoms with E-state index in [9.17, 15) is 17.6 Å². The van der Waals surface area contributed by atoms with E-state index in [-0.39, 0.29) is 4.90 Å². The highest BCUT2D eigenvalue weighted by Gasteiger charge is 2.22. The van der Waals surface area contributed by atoms with E-state index in [4.69, 9.17) is 9.47 Å². The van der Waals surface area contributed by atoms with Crippen molar-refractivity contribution in [1.29, 1.82) is 0 Å². The number of nitrogens with zero attached hydrogens (tertiary/aromatic N) is 2. The molecule has 0 fully saturated rings. The Morgan fingerprint density at radius 2 is 1.84 bits per heavy atom. The fourth-order valence-electron chi connectivity index (χ4n) is 2.49. The summed E-state index contributed by atoms with van der Waals surface area (Å²) in [6.45, 7) is 4.45. The number of likely N-dealkylation sites (N-methyl/N-ethyl adjacent to an activating group) is 1. The highest BCUT2D eigenvalue weighted by atomic mass is 32.2. The van der Waals surface area contributed by atoms with E-state index >= 15 is 0 Å². The zero-order valence-corrected chi connectivity index (χ0v) is 18.5. The fraction of sp³-hybridized carbons (Fsp3) is 0.333. The van der Waals surface area contributed by atoms with Gasteiger partial charge in [-0.15, -0.1) is 0 Å². The van der Waals surface area contributed by atoms with Gasteiger partial charge in [-0.2, -0.15) is 9.41 Å². The molecule has 0 atom stereocenters. The molecule has 0 saturated carbocycles. The summed E-state index contributed by atoms with van der Waals surface area (Å²) in [6, 6.07) is 9.61. The normalized spacial score (nSPS) is 11.6. The number of halogens is 1. The predicted octanol–water partition coefficient (Wildman–Crippen LogP) is 2.78. The molecule has 0 radical (unpaired) electrons. The number of carbonyl (C=O) groups is 1. The largest absolute Gasteiger partial charge is 0.490 e. The number of benzene rings is 2. The Kier molecular flexibility index (Phi) is 8.95. The molecular weight excluding hydrogens is 425 g/mol. The summed E-state index contributed by atoms with van der Waals surface area (Å²) in [6.07, 6.45) is 2.28. The minimum absolute atomic E-state index is 0.110. The summed E-state index contributed by atoms with van der Waals surface area (Å²) in [5.41, 5.74) is 2.95. The lowest BCUT2D eigenvalue weighted by molar-refractivity contribution is -0.121. The van der Waals surface area contributed by atoms with Gasteiger partial charge < -0.3 is 9.47 Å². The summed E-state index contributed by atoms with van der Waals surface area (Å²) in [4.78, 5) is 12.0. The van der Waals surface area contributed by atoms with E-state index in [0.29, 0.717) is 30.3 Å². The van der Waals surface area contributed by atoms with Crippen LogP contribution in [0, 0.1) is 5.82 Å². The van der Waals surface area contributed by atoms with Crippen molar-refractivity contribution in [2.45, 2.75) is 25.2 Å². The quantitative estimate of drug-likeness (QED) is 0.419. The van der Waals surface area contributed by atoms with E-state index in [1.54, 1.807) is 18.2 Å². The van der Waals surface area contributed by atoms with Gasteiger partial charge in [0.2, 0.25) is 10.0 Å². The van der Waals surface area contributed by atoms with E-state index in [2.05, 4.69) is 10.5 Å². The fourth-order valence-corrected chi connectivity index (χ4v) is 3.62. The van der Waals surface area contributed by atoms with Gasteiger partial charge in [-0.05, 0) is 61.4 Å². The first-order valence-electron chi connectivity index (χ1n) is 9.71. The van der Waals surface area contributed by atoms with Crippen molar-refractivity contribution in [1.82, 2.24) is 9.73 Å². The Balaban J connectivity index is 1.98. The Bertz CT molecular complexity index is 1010. The van der Waals surface area contributed by atoms with E-state index in [1.807, 2.05) is 13.8 Å². The van der Waals surface area contributed by atoms with Crippen LogP contribution < -0.4 is 14.9 Å². The van der Waals surface area contributed by atoms with Crippen LogP contribution in [0.5, 0.6) is 11.5 Å². The number of hydrazone groups is 1. The van der Waals surface area contributed by atoms with Crippen LogP contribution in [0.15, 0.2) is 52.5 Å². The Morgan fingerprint density at radius 1 is 1.13 bits per heavy atom. The van der Waals surface area contributed by atoms with Gasteiger partial charge >= 0.3 is 0 Å². The van der Waals surface area contributed by atoms with Crippen LogP contribution >= 0.6 is 0 Å². The molecule has 8 nitrogen and oxygen atoms in total. The number of hydrogen-bond acceptors (Lipinski definition) is 6. The van der Waals surface area contributed by atoms with E-state index < -0.39 is 28.3 Å². The molecule has 0 aliphatic heterocycles. The zero-order valence-electron chi connectivity index (χ0n) is 17.7. The molecule has 0 aromatic heterocycles. The Hall–Kier alpha value is -2.98. The van der Waals surface area contributed by atoms with Crippen LogP contribution in [-0.4, -0.2) is 51.7 Å². The zero-order chi connectivity index (χ0) is 22.9. The van der Waals surface area contributed by atoms with Crippen molar-refractivity contribution in [3.05, 3.63) is 53.8 Å². The number of ether oxygens (including phenoxy) is 2. The average molecular weight is 452 g/mol. The second kappa shape index (κ2) is 11.4. The van der Waals surface area contributed by atoms with E-state index in [1.165, 1.54) is 13.3 Å². The number of carbonyl (C=O) groups excluding carboxylic acids is 1. The van der Waals surface area contributed by atoms with Crippen molar-refractivity contribution in [2.24, 2.45) is 5.10 Å². The molecule has 1 amide bonds. The second-order valence-corrected chi connectivity index (χ2v) is 8.54. The van der Waals surface area contributed by atoms with Crippen LogP contribution in [0.25, 0.3) is 0 Å². The van der Waals surface area contributed by atoms with Crippen LogP contribution in [0.2, 0.25) is 0 Å². The molecule has 31 heavy (non-hydrogen) atoms. The first-order chi connectivity index (χ1) is 14.8. The smallest absolute Gasteiger partial charge is 0.255 e. The molecule has 0 unspecified atom stereocenters. The maximum absolute atomic E-state index is 13.0. The number of sulfonamides is 1. The number of hydrogen-bond donors (Lipinski definition) is 1. The monoisotopic (exact) mass is 451 g/mol. The molecule has 0 aliphatic rings. The summed E-state index contributed by atoms with van der Waals surface area (Å²) in [5.74, 6) is 0.0114. The molecule has 2 aromatic rings. The summed E-state index contributed by atoms with van der Waals surface area (Å²) < 4.78 is 49.9. The van der Waals surface area contributed by atoms with Gasteiger partial charge in [0.1, 0.15) is 5.82 Å². The molecule has 0 saturated heterocycles. The molecule has 0 spiro atoms. The van der Waals surface area contributed by atoms with Gasteiger partial charge in [0.05, 0.1) is 30.9 Å². The molecule has 2 aromatic carbocycles. The number of nitrogens with one attached hydrogen (secondary N) is 1. The van der Waals surface area contributed by atoms with Gasteiger partial charge in [0.15, 0.2) is 11.5 Å². The molecule has 2 rings (SSSR count). The van der Waals surface area contributed by atoms with Gasteiger partial charge in [0, 0.05) is 7.05 Å². The molecule has 0 heterocycles. The lowest BCUT2D eigenvalue weighted by Crippen LogP contribution is -2.36. The third kappa shape index (κ3) is 7.04. The first kappa shape index (κ1) is 24.3. The van der Waals surface area contributed by atoms with Gasteiger partial charge in [-0.3, -0.25) is 4.79 Å². The van der Waals surface area contributed by atoms with Crippen LogP contribution in [0.4, 0.5) is 4.39 Å². The lowest BCUT2D eigenvalue weighted by Gasteiger charge is -2.16. The van der Waals surface area contributed by atoms with Gasteiger partial charge in [-0.1, -0.05) is 6.92 Å². The summed E-state index contributed by atoms with van der Waals surface area (Å²) in [7, 11) is -2.67. The van der Waals surface area contributed by atoms with Crippen LogP contribution in [0.1, 0.15) is 25.8 Å². The van der Waals surface area contributed by atoms with Crippen LogP contribution in [-0.2, 0) is 14.8 Å².